The Labute approximate surface area is 197 Å². The van der Waals surface area contributed by atoms with Crippen LogP contribution in [0.2, 0.25) is 0 Å². The van der Waals surface area contributed by atoms with Gasteiger partial charge in [-0.25, -0.2) is 19.7 Å². The molecule has 3 heterocycles. The van der Waals surface area contributed by atoms with Crippen molar-refractivity contribution in [3.05, 3.63) is 41.7 Å². The lowest BCUT2D eigenvalue weighted by atomic mass is 10.0. The smallest absolute Gasteiger partial charge is 0.407 e. The molecule has 0 radical (unpaired) electrons. The minimum atomic E-state index is -0.950. The van der Waals surface area contributed by atoms with E-state index in [2.05, 4.69) is 15.3 Å². The second kappa shape index (κ2) is 9.46. The first-order chi connectivity index (χ1) is 16.3. The highest BCUT2D eigenvalue weighted by Crippen LogP contribution is 2.39. The first-order valence-electron chi connectivity index (χ1n) is 10.8. The van der Waals surface area contributed by atoms with Gasteiger partial charge in [-0.2, -0.15) is 0 Å². The number of hydrogen-bond acceptors (Lipinski definition) is 8. The Morgan fingerprint density at radius 1 is 1.12 bits per heavy atom. The zero-order chi connectivity index (χ0) is 24.4. The minimum Gasteiger partial charge on any atom is -0.493 e. The van der Waals surface area contributed by atoms with E-state index in [0.29, 0.717) is 47.7 Å². The standard InChI is InChI=1S/C23H28N6O5/c1-13(2)21-25-16-10-28(23(30)31)7-6-15(16)22(27-21)26-19-11-29(12-24-19)14-8-17(32-3)20(34-5)18(9-14)33-4/h8-9,11-13H,6-7,10H2,1-5H3,(H,30,31)(H,25,26,27). The molecule has 3 aromatic rings. The van der Waals surface area contributed by atoms with Gasteiger partial charge in [-0.1, -0.05) is 13.8 Å². The van der Waals surface area contributed by atoms with Crippen LogP contribution in [-0.2, 0) is 13.0 Å². The van der Waals surface area contributed by atoms with Crippen LogP contribution in [0.3, 0.4) is 0 Å². The number of carbonyl (C=O) groups is 1. The van der Waals surface area contributed by atoms with Gasteiger partial charge >= 0.3 is 6.09 Å². The fourth-order valence-corrected chi connectivity index (χ4v) is 3.84. The van der Waals surface area contributed by atoms with E-state index in [1.165, 1.54) is 4.90 Å². The topological polar surface area (TPSA) is 124 Å². The lowest BCUT2D eigenvalue weighted by Gasteiger charge is -2.27. The average Bonchev–Trinajstić information content (AvgIpc) is 3.30. The molecular weight excluding hydrogens is 440 g/mol. The summed E-state index contributed by atoms with van der Waals surface area (Å²) in [7, 11) is 4.69. The van der Waals surface area contributed by atoms with Crippen molar-refractivity contribution >= 4 is 17.7 Å². The molecule has 34 heavy (non-hydrogen) atoms. The van der Waals surface area contributed by atoms with Gasteiger partial charge < -0.3 is 34.1 Å². The normalized spacial score (nSPS) is 12.9. The molecule has 0 spiro atoms. The Morgan fingerprint density at radius 3 is 2.41 bits per heavy atom. The highest BCUT2D eigenvalue weighted by atomic mass is 16.5. The van der Waals surface area contributed by atoms with E-state index in [0.717, 1.165) is 16.9 Å². The van der Waals surface area contributed by atoms with Crippen molar-refractivity contribution in [1.82, 2.24) is 24.4 Å². The molecule has 1 aromatic carbocycles. The molecule has 0 atom stereocenters. The van der Waals surface area contributed by atoms with E-state index >= 15 is 0 Å². The summed E-state index contributed by atoms with van der Waals surface area (Å²) in [6.45, 7) is 4.63. The number of carboxylic acid groups (broad SMARTS) is 1. The third kappa shape index (κ3) is 4.41. The summed E-state index contributed by atoms with van der Waals surface area (Å²) in [6, 6.07) is 3.66. The summed E-state index contributed by atoms with van der Waals surface area (Å²) in [5, 5.41) is 12.7. The molecule has 1 aliphatic rings. The van der Waals surface area contributed by atoms with Crippen LogP contribution in [0.15, 0.2) is 24.7 Å². The molecule has 1 aliphatic heterocycles. The van der Waals surface area contributed by atoms with Gasteiger partial charge in [-0.05, 0) is 6.42 Å². The lowest BCUT2D eigenvalue weighted by Crippen LogP contribution is -2.36. The van der Waals surface area contributed by atoms with Crippen LogP contribution in [0.5, 0.6) is 17.2 Å². The van der Waals surface area contributed by atoms with Gasteiger partial charge in [0.1, 0.15) is 23.8 Å². The largest absolute Gasteiger partial charge is 0.493 e. The number of nitrogens with one attached hydrogen (secondary N) is 1. The Morgan fingerprint density at radius 2 is 1.82 bits per heavy atom. The molecule has 0 saturated heterocycles. The quantitative estimate of drug-likeness (QED) is 0.535. The van der Waals surface area contributed by atoms with Crippen LogP contribution in [-0.4, -0.2) is 63.5 Å². The number of amides is 1. The number of fused-ring (bicyclic) bond motifs is 1. The number of hydrogen-bond donors (Lipinski definition) is 2. The molecule has 0 saturated carbocycles. The monoisotopic (exact) mass is 468 g/mol. The summed E-state index contributed by atoms with van der Waals surface area (Å²) in [5.41, 5.74) is 2.41. The van der Waals surface area contributed by atoms with Gasteiger partial charge in [0.2, 0.25) is 5.75 Å². The average molecular weight is 469 g/mol. The molecule has 180 valence electrons. The maximum Gasteiger partial charge on any atom is 0.407 e. The van der Waals surface area contributed by atoms with Crippen molar-refractivity contribution in [2.45, 2.75) is 32.7 Å². The maximum absolute atomic E-state index is 11.5. The summed E-state index contributed by atoms with van der Waals surface area (Å²) in [4.78, 5) is 26.7. The lowest BCUT2D eigenvalue weighted by molar-refractivity contribution is 0.139. The van der Waals surface area contributed by atoms with Gasteiger partial charge in [0.25, 0.3) is 0 Å². The second-order valence-electron chi connectivity index (χ2n) is 8.14. The molecule has 11 nitrogen and oxygen atoms in total. The zero-order valence-corrected chi connectivity index (χ0v) is 19.8. The Balaban J connectivity index is 1.67. The summed E-state index contributed by atoms with van der Waals surface area (Å²) >= 11 is 0. The first-order valence-corrected chi connectivity index (χ1v) is 10.8. The SMILES string of the molecule is COc1cc(-n2cnc(Nc3nc(C(C)C)nc4c3CCN(C(=O)O)C4)c2)cc(OC)c1OC. The number of nitrogens with zero attached hydrogens (tertiary/aromatic N) is 5. The molecule has 1 amide bonds. The summed E-state index contributed by atoms with van der Waals surface area (Å²) in [5.74, 6) is 3.56. The van der Waals surface area contributed by atoms with E-state index in [9.17, 15) is 9.90 Å². The van der Waals surface area contributed by atoms with E-state index in [1.807, 2.05) is 36.7 Å². The van der Waals surface area contributed by atoms with Crippen LogP contribution < -0.4 is 19.5 Å². The highest BCUT2D eigenvalue weighted by molar-refractivity contribution is 5.66. The minimum absolute atomic E-state index is 0.0860. The van der Waals surface area contributed by atoms with Crippen molar-refractivity contribution in [2.75, 3.05) is 33.2 Å². The van der Waals surface area contributed by atoms with E-state index in [4.69, 9.17) is 19.2 Å². The van der Waals surface area contributed by atoms with Crippen molar-refractivity contribution in [3.8, 4) is 22.9 Å². The third-order valence-corrected chi connectivity index (χ3v) is 5.65. The Hall–Kier alpha value is -4.02. The van der Waals surface area contributed by atoms with Crippen LogP contribution in [0, 0.1) is 0 Å². The molecule has 0 unspecified atom stereocenters. The first kappa shape index (κ1) is 23.1. The van der Waals surface area contributed by atoms with Crippen LogP contribution in [0.1, 0.15) is 36.8 Å². The van der Waals surface area contributed by atoms with Gasteiger partial charge in [0, 0.05) is 30.2 Å². The maximum atomic E-state index is 11.5. The van der Waals surface area contributed by atoms with E-state index < -0.39 is 6.09 Å². The van der Waals surface area contributed by atoms with E-state index in [1.54, 1.807) is 27.7 Å². The van der Waals surface area contributed by atoms with Gasteiger partial charge in [0.05, 0.1) is 45.5 Å². The van der Waals surface area contributed by atoms with Crippen molar-refractivity contribution < 1.29 is 24.1 Å². The van der Waals surface area contributed by atoms with Crippen LogP contribution in [0.4, 0.5) is 16.4 Å². The number of anilines is 2. The predicted octanol–water partition coefficient (Wildman–Crippen LogP) is 3.59. The van der Waals surface area contributed by atoms with Gasteiger partial charge in [-0.15, -0.1) is 0 Å². The fraction of sp³-hybridized carbons (Fsp3) is 0.391. The summed E-state index contributed by atoms with van der Waals surface area (Å²) < 4.78 is 18.1. The molecule has 2 aromatic heterocycles. The number of imidazole rings is 1. The van der Waals surface area contributed by atoms with Crippen LogP contribution >= 0.6 is 0 Å². The molecular formula is C23H28N6O5. The Kier molecular flexibility index (Phi) is 6.44. The van der Waals surface area contributed by atoms with Crippen molar-refractivity contribution in [2.24, 2.45) is 0 Å². The molecule has 0 aliphatic carbocycles. The fourth-order valence-electron chi connectivity index (χ4n) is 3.84. The number of aromatic nitrogens is 4. The number of benzene rings is 1. The number of rotatable bonds is 7. The Bertz CT molecular complexity index is 1180. The van der Waals surface area contributed by atoms with Crippen molar-refractivity contribution in [1.29, 1.82) is 0 Å². The van der Waals surface area contributed by atoms with E-state index in [-0.39, 0.29) is 12.5 Å². The third-order valence-electron chi connectivity index (χ3n) is 5.65. The molecule has 0 fully saturated rings. The molecule has 0 bridgehead atoms. The zero-order valence-electron chi connectivity index (χ0n) is 19.8. The van der Waals surface area contributed by atoms with Crippen LogP contribution in [0.25, 0.3) is 5.69 Å². The highest BCUT2D eigenvalue weighted by Gasteiger charge is 2.26. The predicted molar refractivity (Wildman–Crippen MR) is 125 cm³/mol. The summed E-state index contributed by atoms with van der Waals surface area (Å²) in [6.07, 6.45) is 3.08. The number of methoxy groups -OCH3 is 3. The molecule has 2 N–H and O–H groups in total. The number of ether oxygens (including phenoxy) is 3. The van der Waals surface area contributed by atoms with Crippen molar-refractivity contribution in [3.63, 3.8) is 0 Å². The van der Waals surface area contributed by atoms with Gasteiger partial charge in [0.15, 0.2) is 11.5 Å². The molecule has 4 rings (SSSR count). The second-order valence-corrected chi connectivity index (χ2v) is 8.14. The molecule has 11 heteroatoms. The van der Waals surface area contributed by atoms with Gasteiger partial charge in [-0.3, -0.25) is 0 Å².